The van der Waals surface area contributed by atoms with Crippen molar-refractivity contribution in [3.63, 3.8) is 0 Å². The zero-order valence-corrected chi connectivity index (χ0v) is 22.2. The Morgan fingerprint density at radius 2 is 1.55 bits per heavy atom. The largest absolute Gasteiger partial charge is 0.481 e. The van der Waals surface area contributed by atoms with Crippen molar-refractivity contribution in [2.45, 2.75) is 63.7 Å². The Morgan fingerprint density at radius 1 is 0.947 bits per heavy atom. The maximum absolute atomic E-state index is 13.1. The molecule has 0 aliphatic carbocycles. The number of hydrogen-bond acceptors (Lipinski definition) is 7. The van der Waals surface area contributed by atoms with E-state index in [9.17, 15) is 29.1 Å². The first-order chi connectivity index (χ1) is 17.9. The van der Waals surface area contributed by atoms with Crippen LogP contribution in [-0.2, 0) is 30.4 Å². The summed E-state index contributed by atoms with van der Waals surface area (Å²) in [6.07, 6.45) is 1.49. The number of nitrogens with one attached hydrogen (secondary N) is 4. The van der Waals surface area contributed by atoms with Crippen LogP contribution in [0.3, 0.4) is 0 Å². The number of aromatic nitrogens is 1. The molecular formula is C25H35N5O7S. The van der Waals surface area contributed by atoms with Gasteiger partial charge in [-0.05, 0) is 36.8 Å². The van der Waals surface area contributed by atoms with Crippen LogP contribution in [0.5, 0.6) is 0 Å². The molecule has 0 bridgehead atoms. The quantitative estimate of drug-likeness (QED) is 0.146. The molecule has 1 heterocycles. The van der Waals surface area contributed by atoms with Crippen LogP contribution in [0.2, 0.25) is 0 Å². The molecule has 0 aliphatic rings. The first kappa shape index (κ1) is 30.6. The van der Waals surface area contributed by atoms with Gasteiger partial charge >= 0.3 is 11.9 Å². The van der Waals surface area contributed by atoms with Crippen LogP contribution in [0.1, 0.15) is 38.7 Å². The summed E-state index contributed by atoms with van der Waals surface area (Å²) in [5.74, 6) is -4.80. The van der Waals surface area contributed by atoms with Crippen molar-refractivity contribution in [3.8, 4) is 0 Å². The van der Waals surface area contributed by atoms with Gasteiger partial charge < -0.3 is 36.9 Å². The molecule has 8 N–H and O–H groups in total. The molecule has 0 aliphatic heterocycles. The van der Waals surface area contributed by atoms with Crippen LogP contribution >= 0.6 is 12.6 Å². The summed E-state index contributed by atoms with van der Waals surface area (Å²) in [6.45, 7) is 3.72. The summed E-state index contributed by atoms with van der Waals surface area (Å²) in [4.78, 5) is 63.9. The number of carboxylic acids is 2. The molecule has 12 nitrogen and oxygen atoms in total. The van der Waals surface area contributed by atoms with Crippen LogP contribution < -0.4 is 21.7 Å². The van der Waals surface area contributed by atoms with Gasteiger partial charge in [0.25, 0.3) is 0 Å². The Bertz CT molecular complexity index is 1150. The summed E-state index contributed by atoms with van der Waals surface area (Å²) in [6, 6.07) is 2.98. The van der Waals surface area contributed by atoms with E-state index < -0.39 is 60.2 Å². The fraction of sp³-hybridized carbons (Fsp3) is 0.480. The zero-order valence-electron chi connectivity index (χ0n) is 21.3. The second kappa shape index (κ2) is 14.4. The van der Waals surface area contributed by atoms with Gasteiger partial charge in [0, 0.05) is 29.3 Å². The van der Waals surface area contributed by atoms with Crippen molar-refractivity contribution >= 4 is 53.2 Å². The molecule has 0 spiro atoms. The number of fused-ring (bicyclic) bond motifs is 1. The van der Waals surface area contributed by atoms with Gasteiger partial charge in [0.15, 0.2) is 0 Å². The molecule has 1 aromatic carbocycles. The molecule has 0 saturated carbocycles. The fourth-order valence-corrected chi connectivity index (χ4v) is 4.13. The Kier molecular flexibility index (Phi) is 11.6. The molecule has 2 rings (SSSR count). The SMILES string of the molecule is CC(C)CC(NC(=O)C(N)Cc1c[nH]c2ccccc12)C(=O)NC(CS)C(=O)NC(CCC(=O)O)C(=O)O. The molecule has 13 heteroatoms. The number of nitrogens with two attached hydrogens (primary N) is 1. The molecule has 0 fully saturated rings. The van der Waals surface area contributed by atoms with Gasteiger partial charge in [-0.15, -0.1) is 0 Å². The summed E-state index contributed by atoms with van der Waals surface area (Å²) in [5.41, 5.74) is 7.93. The number of rotatable bonds is 15. The highest BCUT2D eigenvalue weighted by Gasteiger charge is 2.30. The molecule has 2 aromatic rings. The smallest absolute Gasteiger partial charge is 0.326 e. The molecule has 4 unspecified atom stereocenters. The van der Waals surface area contributed by atoms with E-state index in [0.717, 1.165) is 16.5 Å². The Hall–Kier alpha value is -3.58. The van der Waals surface area contributed by atoms with Crippen LogP contribution in [-0.4, -0.2) is 74.8 Å². The topological polar surface area (TPSA) is 204 Å². The minimum Gasteiger partial charge on any atom is -0.481 e. The number of carbonyl (C=O) groups excluding carboxylic acids is 3. The highest BCUT2D eigenvalue weighted by Crippen LogP contribution is 2.19. The van der Waals surface area contributed by atoms with E-state index in [0.29, 0.717) is 0 Å². The molecular weight excluding hydrogens is 514 g/mol. The van der Waals surface area contributed by atoms with E-state index in [2.05, 4.69) is 33.6 Å². The molecule has 1 aromatic heterocycles. The van der Waals surface area contributed by atoms with Crippen LogP contribution in [0.4, 0.5) is 0 Å². The van der Waals surface area contributed by atoms with Crippen molar-refractivity contribution in [3.05, 3.63) is 36.0 Å². The maximum atomic E-state index is 13.1. The minimum absolute atomic E-state index is 0.00609. The van der Waals surface area contributed by atoms with Crippen molar-refractivity contribution in [2.24, 2.45) is 11.7 Å². The first-order valence-corrected chi connectivity index (χ1v) is 12.8. The monoisotopic (exact) mass is 549 g/mol. The summed E-state index contributed by atoms with van der Waals surface area (Å²) < 4.78 is 0. The van der Waals surface area contributed by atoms with E-state index in [1.54, 1.807) is 6.20 Å². The predicted octanol–water partition coefficient (Wildman–Crippen LogP) is 0.417. The lowest BCUT2D eigenvalue weighted by atomic mass is 10.0. The number of carboxylic acid groups (broad SMARTS) is 2. The molecule has 3 amide bonds. The predicted molar refractivity (Wildman–Crippen MR) is 144 cm³/mol. The molecule has 38 heavy (non-hydrogen) atoms. The maximum Gasteiger partial charge on any atom is 0.326 e. The molecule has 208 valence electrons. The van der Waals surface area contributed by atoms with Crippen molar-refractivity contribution in [2.75, 3.05) is 5.75 Å². The number of thiol groups is 1. The first-order valence-electron chi connectivity index (χ1n) is 12.2. The third kappa shape index (κ3) is 9.06. The van der Waals surface area contributed by atoms with Crippen LogP contribution in [0.25, 0.3) is 10.9 Å². The number of benzene rings is 1. The number of hydrogen-bond donors (Lipinski definition) is 8. The Balaban J connectivity index is 2.05. The van der Waals surface area contributed by atoms with E-state index in [-0.39, 0.29) is 30.9 Å². The fourth-order valence-electron chi connectivity index (χ4n) is 3.88. The molecule has 0 radical (unpaired) electrons. The van der Waals surface area contributed by atoms with Gasteiger partial charge in [0.1, 0.15) is 18.1 Å². The number of amides is 3. The van der Waals surface area contributed by atoms with E-state index >= 15 is 0 Å². The third-order valence-electron chi connectivity index (χ3n) is 5.87. The standard InChI is InChI=1S/C25H35N5O7S/c1-13(2)9-19(29-22(33)16(26)10-14-11-27-17-6-4-3-5-15(14)17)23(34)30-20(12-38)24(35)28-18(25(36)37)7-8-21(31)32/h3-6,11,13,16,18-20,27,38H,7-10,12,26H2,1-2H3,(H,28,35)(H,29,33)(H,30,34)(H,31,32)(H,36,37). The molecule has 4 atom stereocenters. The second-order valence-electron chi connectivity index (χ2n) is 9.44. The van der Waals surface area contributed by atoms with Crippen LogP contribution in [0.15, 0.2) is 30.5 Å². The highest BCUT2D eigenvalue weighted by molar-refractivity contribution is 7.80. The lowest BCUT2D eigenvalue weighted by molar-refractivity contribution is -0.143. The lowest BCUT2D eigenvalue weighted by Crippen LogP contribution is -2.58. The second-order valence-corrected chi connectivity index (χ2v) is 9.80. The number of aliphatic carboxylic acids is 2. The Morgan fingerprint density at radius 3 is 2.16 bits per heavy atom. The normalized spacial score (nSPS) is 14.3. The third-order valence-corrected chi connectivity index (χ3v) is 6.23. The Labute approximate surface area is 225 Å². The van der Waals surface area contributed by atoms with Crippen LogP contribution in [0, 0.1) is 5.92 Å². The van der Waals surface area contributed by atoms with Gasteiger partial charge in [-0.1, -0.05) is 32.0 Å². The van der Waals surface area contributed by atoms with Crippen molar-refractivity contribution in [1.29, 1.82) is 0 Å². The van der Waals surface area contributed by atoms with Gasteiger partial charge in [-0.25, -0.2) is 4.79 Å². The van der Waals surface area contributed by atoms with Gasteiger partial charge in [0.2, 0.25) is 17.7 Å². The average molecular weight is 550 g/mol. The summed E-state index contributed by atoms with van der Waals surface area (Å²) >= 11 is 4.08. The van der Waals surface area contributed by atoms with E-state index in [1.165, 1.54) is 0 Å². The number of para-hydroxylation sites is 1. The molecule has 0 saturated heterocycles. The van der Waals surface area contributed by atoms with Gasteiger partial charge in [0.05, 0.1) is 6.04 Å². The zero-order chi connectivity index (χ0) is 28.4. The van der Waals surface area contributed by atoms with E-state index in [4.69, 9.17) is 10.8 Å². The van der Waals surface area contributed by atoms with Crippen molar-refractivity contribution < 1.29 is 34.2 Å². The average Bonchev–Trinajstić information content (AvgIpc) is 3.26. The van der Waals surface area contributed by atoms with E-state index in [1.807, 2.05) is 38.1 Å². The number of H-pyrrole nitrogens is 1. The summed E-state index contributed by atoms with van der Waals surface area (Å²) in [5, 5.41) is 26.4. The highest BCUT2D eigenvalue weighted by atomic mass is 32.1. The number of aromatic amines is 1. The minimum atomic E-state index is -1.45. The lowest BCUT2D eigenvalue weighted by Gasteiger charge is -2.25. The van der Waals surface area contributed by atoms with Gasteiger partial charge in [-0.2, -0.15) is 12.6 Å². The van der Waals surface area contributed by atoms with Crippen molar-refractivity contribution in [1.82, 2.24) is 20.9 Å². The van der Waals surface area contributed by atoms with Gasteiger partial charge in [-0.3, -0.25) is 19.2 Å². The number of carbonyl (C=O) groups is 5. The summed E-state index contributed by atoms with van der Waals surface area (Å²) in [7, 11) is 0.